The number of rotatable bonds is 12. The minimum Gasteiger partial charge on any atom is -0.508 e. The number of hydrogen-bond donors (Lipinski definition) is 9. The number of urea groups is 1. The third-order valence-electron chi connectivity index (χ3n) is 10.3. The number of nitrogens with one attached hydrogen (secondary N) is 4. The van der Waals surface area contributed by atoms with E-state index in [1.54, 1.807) is 60.3 Å². The molecule has 5 aromatic rings. The molecule has 16 nitrogen and oxygen atoms in total. The number of carbonyl (C=O) groups is 2. The molecular weight excluding hydrogens is 706 g/mol. The fourth-order valence-corrected chi connectivity index (χ4v) is 7.33. The second kappa shape index (κ2) is 16.1. The molecule has 1 saturated carbocycles. The Morgan fingerprint density at radius 2 is 1.60 bits per heavy atom. The summed E-state index contributed by atoms with van der Waals surface area (Å²) in [6.07, 6.45) is 0.266. The van der Waals surface area contributed by atoms with Crippen molar-refractivity contribution in [3.8, 4) is 17.2 Å². The quantitative estimate of drug-likeness (QED) is 0.0897. The van der Waals surface area contributed by atoms with Crippen LogP contribution in [-0.4, -0.2) is 101 Å². The Bertz CT molecular complexity index is 2080. The van der Waals surface area contributed by atoms with Gasteiger partial charge < -0.3 is 56.3 Å². The van der Waals surface area contributed by atoms with Gasteiger partial charge >= 0.3 is 6.03 Å². The van der Waals surface area contributed by atoms with Crippen molar-refractivity contribution in [1.82, 2.24) is 35.5 Å². The van der Waals surface area contributed by atoms with E-state index in [2.05, 4.69) is 26.3 Å². The lowest BCUT2D eigenvalue weighted by Gasteiger charge is -2.22. The van der Waals surface area contributed by atoms with Crippen molar-refractivity contribution in [2.24, 2.45) is 0 Å². The summed E-state index contributed by atoms with van der Waals surface area (Å²) < 4.78 is 1.72. The van der Waals surface area contributed by atoms with Crippen LogP contribution in [0.2, 0.25) is 0 Å². The number of anilines is 2. The summed E-state index contributed by atoms with van der Waals surface area (Å²) in [5, 5.41) is 64.0. The molecule has 1 unspecified atom stereocenters. The van der Waals surface area contributed by atoms with E-state index in [1.165, 1.54) is 0 Å². The van der Waals surface area contributed by atoms with Gasteiger partial charge in [-0.15, -0.1) is 0 Å². The Labute approximate surface area is 316 Å². The van der Waals surface area contributed by atoms with Gasteiger partial charge in [0.25, 0.3) is 0 Å². The largest absolute Gasteiger partial charge is 0.508 e. The number of amides is 3. The number of imidazole rings is 1. The summed E-state index contributed by atoms with van der Waals surface area (Å²) in [6.45, 7) is 3.26. The van der Waals surface area contributed by atoms with Crippen LogP contribution >= 0.6 is 0 Å². The molecule has 0 bridgehead atoms. The van der Waals surface area contributed by atoms with Gasteiger partial charge in [-0.25, -0.2) is 9.78 Å². The molecule has 1 aliphatic carbocycles. The van der Waals surface area contributed by atoms with E-state index in [9.17, 15) is 35.1 Å². The molecular formula is C39H45N9O7. The summed E-state index contributed by atoms with van der Waals surface area (Å²) in [6, 6.07) is 18.6. The van der Waals surface area contributed by atoms with E-state index in [0.717, 1.165) is 16.7 Å². The molecule has 2 aliphatic rings. The first-order chi connectivity index (χ1) is 26.6. The summed E-state index contributed by atoms with van der Waals surface area (Å²) in [5.41, 5.74) is 3.43. The zero-order chi connectivity index (χ0) is 38.6. The van der Waals surface area contributed by atoms with Crippen LogP contribution in [0.4, 0.5) is 16.6 Å². The van der Waals surface area contributed by atoms with Gasteiger partial charge in [-0.05, 0) is 65.9 Å². The zero-order valence-corrected chi connectivity index (χ0v) is 30.2. The highest BCUT2D eigenvalue weighted by molar-refractivity contribution is 5.85. The molecule has 2 fully saturated rings. The van der Waals surface area contributed by atoms with Gasteiger partial charge in [0, 0.05) is 44.6 Å². The molecule has 9 N–H and O–H groups in total. The number of phenolic OH excluding ortho intramolecular Hbond substituents is 3. The lowest BCUT2D eigenvalue weighted by Crippen LogP contribution is -2.43. The number of aliphatic hydroxyl groups is 2. The Morgan fingerprint density at radius 1 is 0.891 bits per heavy atom. The zero-order valence-electron chi connectivity index (χ0n) is 30.2. The molecule has 288 valence electrons. The van der Waals surface area contributed by atoms with Crippen LogP contribution in [0, 0.1) is 0 Å². The van der Waals surface area contributed by atoms with Crippen molar-refractivity contribution in [2.45, 2.75) is 69.0 Å². The SMILES string of the molecule is CCC(=O)N[C@H]1C[C@@H](n2cnc3c(NCC(c4ccc(O)cc4)c4ccc(O)cc4)nc(N4CCC(NC(=O)NCc5cccc(O)c5)C4)nc32)[C@H](O)[C@@H]1O. The van der Waals surface area contributed by atoms with E-state index in [-0.39, 0.29) is 60.5 Å². The first kappa shape index (κ1) is 37.2. The van der Waals surface area contributed by atoms with Crippen LogP contribution in [0.25, 0.3) is 11.2 Å². The minimum atomic E-state index is -1.21. The third kappa shape index (κ3) is 8.34. The fraction of sp³-hybridized carbons (Fsp3) is 0.359. The molecule has 5 atom stereocenters. The van der Waals surface area contributed by atoms with Gasteiger partial charge in [0.15, 0.2) is 17.0 Å². The summed E-state index contributed by atoms with van der Waals surface area (Å²) in [4.78, 5) is 41.5. The number of nitrogens with zero attached hydrogens (tertiary/aromatic N) is 5. The molecule has 3 heterocycles. The van der Waals surface area contributed by atoms with Crippen molar-refractivity contribution in [3.05, 3.63) is 95.8 Å². The van der Waals surface area contributed by atoms with Crippen molar-refractivity contribution >= 4 is 34.9 Å². The predicted octanol–water partition coefficient (Wildman–Crippen LogP) is 2.83. The van der Waals surface area contributed by atoms with Crippen molar-refractivity contribution in [3.63, 3.8) is 0 Å². The maximum Gasteiger partial charge on any atom is 0.315 e. The molecule has 3 aromatic carbocycles. The van der Waals surface area contributed by atoms with Crippen LogP contribution in [0.1, 0.15) is 54.8 Å². The molecule has 3 amide bonds. The van der Waals surface area contributed by atoms with Crippen LogP contribution < -0.4 is 26.2 Å². The number of aromatic nitrogens is 4. The molecule has 0 radical (unpaired) electrons. The molecule has 55 heavy (non-hydrogen) atoms. The number of phenols is 3. The van der Waals surface area contributed by atoms with Crippen molar-refractivity contribution in [1.29, 1.82) is 0 Å². The lowest BCUT2D eigenvalue weighted by molar-refractivity contribution is -0.122. The molecule has 2 aromatic heterocycles. The second-order valence-corrected chi connectivity index (χ2v) is 14.1. The average molecular weight is 752 g/mol. The van der Waals surface area contributed by atoms with Crippen LogP contribution in [-0.2, 0) is 11.3 Å². The number of carbonyl (C=O) groups excluding carboxylic acids is 2. The van der Waals surface area contributed by atoms with Gasteiger partial charge in [0.1, 0.15) is 29.5 Å². The predicted molar refractivity (Wildman–Crippen MR) is 204 cm³/mol. The lowest BCUT2D eigenvalue weighted by atomic mass is 9.91. The van der Waals surface area contributed by atoms with E-state index in [1.807, 2.05) is 35.2 Å². The first-order valence-electron chi connectivity index (χ1n) is 18.3. The Hall–Kier alpha value is -6.13. The summed E-state index contributed by atoms with van der Waals surface area (Å²) in [5.74, 6) is 0.724. The monoisotopic (exact) mass is 751 g/mol. The highest BCUT2D eigenvalue weighted by Gasteiger charge is 2.44. The molecule has 0 spiro atoms. The minimum absolute atomic E-state index is 0.122. The van der Waals surface area contributed by atoms with E-state index in [4.69, 9.17) is 9.97 Å². The van der Waals surface area contributed by atoms with Gasteiger partial charge in [0.05, 0.1) is 18.4 Å². The topological polar surface area (TPSA) is 230 Å². The summed E-state index contributed by atoms with van der Waals surface area (Å²) in [7, 11) is 0. The number of aliphatic hydroxyl groups excluding tert-OH is 2. The number of hydrogen-bond acceptors (Lipinski definition) is 12. The first-order valence-corrected chi connectivity index (χ1v) is 18.3. The van der Waals surface area contributed by atoms with Crippen molar-refractivity contribution < 1.29 is 35.1 Å². The smallest absolute Gasteiger partial charge is 0.315 e. The number of fused-ring (bicyclic) bond motifs is 1. The number of benzene rings is 3. The normalized spacial score (nSPS) is 20.9. The highest BCUT2D eigenvalue weighted by atomic mass is 16.3. The van der Waals surface area contributed by atoms with Crippen LogP contribution in [0.5, 0.6) is 17.2 Å². The Balaban J connectivity index is 1.17. The van der Waals surface area contributed by atoms with E-state index < -0.39 is 24.3 Å². The molecule has 1 saturated heterocycles. The molecule has 1 aliphatic heterocycles. The van der Waals surface area contributed by atoms with Crippen LogP contribution in [0.3, 0.4) is 0 Å². The molecule has 7 rings (SSSR count). The molecule has 16 heteroatoms. The number of aromatic hydroxyl groups is 3. The van der Waals surface area contributed by atoms with Crippen molar-refractivity contribution in [2.75, 3.05) is 29.9 Å². The van der Waals surface area contributed by atoms with Gasteiger partial charge in [-0.2, -0.15) is 9.97 Å². The van der Waals surface area contributed by atoms with Gasteiger partial charge in [-0.3, -0.25) is 4.79 Å². The second-order valence-electron chi connectivity index (χ2n) is 14.1. The maximum absolute atomic E-state index is 12.8. The van der Waals surface area contributed by atoms with E-state index in [0.29, 0.717) is 49.0 Å². The average Bonchev–Trinajstić information content (AvgIpc) is 3.90. The third-order valence-corrected chi connectivity index (χ3v) is 10.3. The van der Waals surface area contributed by atoms with Gasteiger partial charge in [0.2, 0.25) is 11.9 Å². The highest BCUT2D eigenvalue weighted by Crippen LogP contribution is 2.36. The Morgan fingerprint density at radius 3 is 2.27 bits per heavy atom. The van der Waals surface area contributed by atoms with Crippen LogP contribution in [0.15, 0.2) is 79.1 Å². The van der Waals surface area contributed by atoms with Gasteiger partial charge in [-0.1, -0.05) is 43.3 Å². The maximum atomic E-state index is 12.8. The Kier molecular flexibility index (Phi) is 10.9. The summed E-state index contributed by atoms with van der Waals surface area (Å²) >= 11 is 0. The fourth-order valence-electron chi connectivity index (χ4n) is 7.33. The van der Waals surface area contributed by atoms with E-state index >= 15 is 0 Å². The standard InChI is InChI=1S/C39H45N9O7/c1-2-32(52)44-30-17-31(35(54)34(30)53)48-21-42-33-36(40-19-29(23-6-10-26(49)11-7-23)24-8-12-27(50)13-9-24)45-38(46-37(33)48)47-15-14-25(20-47)43-39(55)41-18-22-4-3-5-28(51)16-22/h3-13,16,21,25,29-31,34-35,49-51,53-54H,2,14-15,17-20H2,1H3,(H,44,52)(H,40,45,46)(H2,41,43,55)/t25?,30-,31+,34+,35-/m0/s1.